The van der Waals surface area contributed by atoms with Gasteiger partial charge in [-0.25, -0.2) is 0 Å². The minimum atomic E-state index is -4.39. The lowest BCUT2D eigenvalue weighted by atomic mass is 10.2. The Morgan fingerprint density at radius 1 is 1.00 bits per heavy atom. The van der Waals surface area contributed by atoms with Gasteiger partial charge in [-0.15, -0.1) is 5.10 Å². The highest BCUT2D eigenvalue weighted by Gasteiger charge is 2.30. The van der Waals surface area contributed by atoms with Gasteiger partial charge in [0, 0.05) is 32.4 Å². The number of amides is 1. The Morgan fingerprint density at radius 3 is 2.37 bits per heavy atom. The van der Waals surface area contributed by atoms with Crippen LogP contribution >= 0.6 is 0 Å². The summed E-state index contributed by atoms with van der Waals surface area (Å²) < 4.78 is 39.7. The first kappa shape index (κ1) is 20.0. The third-order valence-corrected chi connectivity index (χ3v) is 4.88. The molecule has 1 fully saturated rings. The highest BCUT2D eigenvalue weighted by Crippen LogP contribution is 2.29. The van der Waals surface area contributed by atoms with Crippen molar-refractivity contribution in [3.05, 3.63) is 65.7 Å². The molecule has 0 bridgehead atoms. The summed E-state index contributed by atoms with van der Waals surface area (Å²) in [4.78, 5) is 20.4. The third-order valence-electron chi connectivity index (χ3n) is 4.88. The molecule has 11 heteroatoms. The summed E-state index contributed by atoms with van der Waals surface area (Å²) in [5, 5.41) is 11.6. The molecule has 0 unspecified atom stereocenters. The molecule has 1 aromatic carbocycles. The summed E-state index contributed by atoms with van der Waals surface area (Å²) in [5.74, 6) is 0.407. The van der Waals surface area contributed by atoms with Crippen LogP contribution in [-0.2, 0) is 12.7 Å². The van der Waals surface area contributed by atoms with E-state index in [1.807, 2.05) is 0 Å². The molecule has 30 heavy (non-hydrogen) atoms. The van der Waals surface area contributed by atoms with Crippen LogP contribution in [0.5, 0.6) is 0 Å². The topological polar surface area (TPSA) is 80.0 Å². The predicted octanol–water partition coefficient (Wildman–Crippen LogP) is 2.03. The average molecular weight is 417 g/mol. The molecule has 1 aliphatic heterocycles. The molecule has 1 aliphatic rings. The average Bonchev–Trinajstić information content (AvgIpc) is 3.22. The second-order valence-corrected chi connectivity index (χ2v) is 6.83. The van der Waals surface area contributed by atoms with Crippen molar-refractivity contribution in [3.63, 3.8) is 0 Å². The molecule has 0 radical (unpaired) electrons. The van der Waals surface area contributed by atoms with Gasteiger partial charge in [0.25, 0.3) is 5.91 Å². The first-order valence-electron chi connectivity index (χ1n) is 9.29. The number of carbonyl (C=O) groups is 1. The quantitative estimate of drug-likeness (QED) is 0.646. The lowest BCUT2D eigenvalue weighted by Gasteiger charge is -2.34. The molecular weight excluding hydrogens is 399 g/mol. The van der Waals surface area contributed by atoms with Crippen LogP contribution in [0.2, 0.25) is 0 Å². The maximum atomic E-state index is 12.8. The van der Waals surface area contributed by atoms with Gasteiger partial charge in [0.05, 0.1) is 17.8 Å². The summed E-state index contributed by atoms with van der Waals surface area (Å²) in [6.07, 6.45) is -2.81. The molecule has 2 aromatic heterocycles. The van der Waals surface area contributed by atoms with Gasteiger partial charge in [-0.3, -0.25) is 14.7 Å². The van der Waals surface area contributed by atoms with Gasteiger partial charge >= 0.3 is 6.18 Å². The van der Waals surface area contributed by atoms with E-state index >= 15 is 0 Å². The van der Waals surface area contributed by atoms with Crippen LogP contribution in [0, 0.1) is 0 Å². The van der Waals surface area contributed by atoms with Crippen molar-refractivity contribution in [2.45, 2.75) is 12.7 Å². The standard InChI is InChI=1S/C19H18F3N7O/c20-19(21,22)14-4-6-15(7-5-14)29-17(24-25-26-29)13-27-9-11-28(12-10-27)18(30)16-3-1-2-8-23-16/h1-8H,9-13H2. The van der Waals surface area contributed by atoms with Crippen LogP contribution in [-0.4, -0.2) is 67.1 Å². The lowest BCUT2D eigenvalue weighted by Crippen LogP contribution is -2.48. The van der Waals surface area contributed by atoms with Crippen LogP contribution in [0.4, 0.5) is 13.2 Å². The van der Waals surface area contributed by atoms with E-state index < -0.39 is 11.7 Å². The minimum absolute atomic E-state index is 0.107. The van der Waals surface area contributed by atoms with E-state index in [-0.39, 0.29) is 5.91 Å². The molecule has 3 aromatic rings. The van der Waals surface area contributed by atoms with Crippen LogP contribution < -0.4 is 0 Å². The number of pyridine rings is 1. The number of hydrogen-bond donors (Lipinski definition) is 0. The molecule has 1 amide bonds. The van der Waals surface area contributed by atoms with Crippen LogP contribution in [0.25, 0.3) is 5.69 Å². The number of hydrogen-bond acceptors (Lipinski definition) is 6. The number of halogens is 3. The van der Waals surface area contributed by atoms with Gasteiger partial charge in [0.15, 0.2) is 5.82 Å². The van der Waals surface area contributed by atoms with Gasteiger partial charge in [0.2, 0.25) is 0 Å². The third kappa shape index (κ3) is 4.30. The second-order valence-electron chi connectivity index (χ2n) is 6.83. The fraction of sp³-hybridized carbons (Fsp3) is 0.316. The number of tetrazole rings is 1. The summed E-state index contributed by atoms with van der Waals surface area (Å²) in [7, 11) is 0. The van der Waals surface area contributed by atoms with Gasteiger partial charge in [-0.2, -0.15) is 17.9 Å². The van der Waals surface area contributed by atoms with E-state index in [0.29, 0.717) is 49.9 Å². The van der Waals surface area contributed by atoms with Gasteiger partial charge in [0.1, 0.15) is 5.69 Å². The van der Waals surface area contributed by atoms with Gasteiger partial charge in [-0.1, -0.05) is 6.07 Å². The molecule has 0 N–H and O–H groups in total. The summed E-state index contributed by atoms with van der Waals surface area (Å²) in [5.41, 5.74) is 0.138. The predicted molar refractivity (Wildman–Crippen MR) is 99.6 cm³/mol. The number of piperazine rings is 1. The van der Waals surface area contributed by atoms with Crippen molar-refractivity contribution in [2.24, 2.45) is 0 Å². The zero-order valence-electron chi connectivity index (χ0n) is 15.8. The molecule has 4 rings (SSSR count). The molecular formula is C19H18F3N7O. The summed E-state index contributed by atoms with van der Waals surface area (Å²) in [6, 6.07) is 9.91. The Balaban J connectivity index is 1.39. The first-order valence-corrected chi connectivity index (χ1v) is 9.29. The minimum Gasteiger partial charge on any atom is -0.335 e. The highest BCUT2D eigenvalue weighted by molar-refractivity contribution is 5.92. The fourth-order valence-electron chi connectivity index (χ4n) is 3.26. The number of alkyl halides is 3. The van der Waals surface area contributed by atoms with E-state index in [1.54, 1.807) is 29.3 Å². The maximum absolute atomic E-state index is 12.8. The van der Waals surface area contributed by atoms with Crippen LogP contribution in [0.1, 0.15) is 21.9 Å². The normalized spacial score (nSPS) is 15.4. The van der Waals surface area contributed by atoms with E-state index in [0.717, 1.165) is 12.1 Å². The van der Waals surface area contributed by atoms with Crippen molar-refractivity contribution in [1.82, 2.24) is 35.0 Å². The van der Waals surface area contributed by atoms with Crippen LogP contribution in [0.3, 0.4) is 0 Å². The van der Waals surface area contributed by atoms with Crippen molar-refractivity contribution in [3.8, 4) is 5.69 Å². The molecule has 1 saturated heterocycles. The molecule has 3 heterocycles. The molecule has 8 nitrogen and oxygen atoms in total. The van der Waals surface area contributed by atoms with E-state index in [1.165, 1.54) is 16.8 Å². The second kappa shape index (κ2) is 8.19. The Morgan fingerprint density at radius 2 is 1.73 bits per heavy atom. The van der Waals surface area contributed by atoms with Crippen molar-refractivity contribution in [2.75, 3.05) is 26.2 Å². The Kier molecular flexibility index (Phi) is 5.44. The molecule has 0 atom stereocenters. The molecule has 0 spiro atoms. The number of rotatable bonds is 4. The Hall–Kier alpha value is -3.34. The maximum Gasteiger partial charge on any atom is 0.416 e. The number of nitrogens with zero attached hydrogens (tertiary/aromatic N) is 7. The van der Waals surface area contributed by atoms with Gasteiger partial charge in [-0.05, 0) is 46.8 Å². The zero-order valence-corrected chi connectivity index (χ0v) is 15.8. The smallest absolute Gasteiger partial charge is 0.335 e. The first-order chi connectivity index (χ1) is 14.4. The van der Waals surface area contributed by atoms with E-state index in [2.05, 4.69) is 25.4 Å². The molecule has 0 aliphatic carbocycles. The fourth-order valence-corrected chi connectivity index (χ4v) is 3.26. The van der Waals surface area contributed by atoms with E-state index in [4.69, 9.17) is 0 Å². The highest BCUT2D eigenvalue weighted by atomic mass is 19.4. The molecule has 156 valence electrons. The van der Waals surface area contributed by atoms with Gasteiger partial charge < -0.3 is 4.90 Å². The monoisotopic (exact) mass is 417 g/mol. The number of carbonyl (C=O) groups excluding carboxylic acids is 1. The number of benzene rings is 1. The summed E-state index contributed by atoms with van der Waals surface area (Å²) >= 11 is 0. The van der Waals surface area contributed by atoms with E-state index in [9.17, 15) is 18.0 Å². The number of aromatic nitrogens is 5. The van der Waals surface area contributed by atoms with Crippen molar-refractivity contribution >= 4 is 5.91 Å². The van der Waals surface area contributed by atoms with Crippen LogP contribution in [0.15, 0.2) is 48.7 Å². The molecule has 0 saturated carbocycles. The SMILES string of the molecule is O=C(c1ccccn1)N1CCN(Cc2nnnn2-c2ccc(C(F)(F)F)cc2)CC1. The lowest BCUT2D eigenvalue weighted by molar-refractivity contribution is -0.137. The Labute approximate surface area is 169 Å². The van der Waals surface area contributed by atoms with Crippen molar-refractivity contribution < 1.29 is 18.0 Å². The largest absolute Gasteiger partial charge is 0.416 e. The van der Waals surface area contributed by atoms with Crippen molar-refractivity contribution in [1.29, 1.82) is 0 Å². The zero-order chi connectivity index (χ0) is 21.1. The summed E-state index contributed by atoms with van der Waals surface area (Å²) in [6.45, 7) is 2.74. The Bertz CT molecular complexity index is 997.